The third-order valence-corrected chi connectivity index (χ3v) is 4.73. The average Bonchev–Trinajstić information content (AvgIpc) is 2.81. The van der Waals surface area contributed by atoms with Crippen LogP contribution in [0, 0.1) is 0 Å². The lowest BCUT2D eigenvalue weighted by Crippen LogP contribution is -2.07. The third kappa shape index (κ3) is 3.03. The van der Waals surface area contributed by atoms with E-state index in [2.05, 4.69) is 0 Å². The van der Waals surface area contributed by atoms with Gasteiger partial charge in [-0.05, 0) is 29.8 Å². The lowest BCUT2D eigenvalue weighted by atomic mass is 10.1. The van der Waals surface area contributed by atoms with E-state index in [-0.39, 0.29) is 5.88 Å². The van der Waals surface area contributed by atoms with E-state index in [4.69, 9.17) is 28.9 Å². The second-order valence-electron chi connectivity index (χ2n) is 5.05. The van der Waals surface area contributed by atoms with Gasteiger partial charge in [-0.2, -0.15) is 0 Å². The van der Waals surface area contributed by atoms with Crippen molar-refractivity contribution in [2.45, 2.75) is 12.4 Å². The fourth-order valence-corrected chi connectivity index (χ4v) is 3.80. The normalized spacial score (nSPS) is 12.7. The summed E-state index contributed by atoms with van der Waals surface area (Å²) in [6, 6.07) is 12.8. The smallest absolute Gasteiger partial charge is 0.173 e. The molecule has 0 aliphatic carbocycles. The summed E-state index contributed by atoms with van der Waals surface area (Å²) < 4.78 is 22.6. The monoisotopic (exact) mass is 368 g/mol. The molecule has 3 rings (SSSR count). The van der Waals surface area contributed by atoms with Crippen LogP contribution in [0.5, 0.6) is 0 Å². The van der Waals surface area contributed by atoms with Crippen LogP contribution >= 0.6 is 23.2 Å². The van der Waals surface area contributed by atoms with Crippen molar-refractivity contribution in [3.63, 3.8) is 0 Å². The van der Waals surface area contributed by atoms with Gasteiger partial charge in [0.2, 0.25) is 0 Å². The predicted octanol–water partition coefficient (Wildman–Crippen LogP) is 4.25. The van der Waals surface area contributed by atoms with Gasteiger partial charge >= 0.3 is 0 Å². The van der Waals surface area contributed by atoms with Crippen LogP contribution in [0.3, 0.4) is 0 Å². The van der Waals surface area contributed by atoms with Crippen LogP contribution < -0.4 is 5.73 Å². The van der Waals surface area contributed by atoms with Gasteiger partial charge in [0.1, 0.15) is 5.88 Å². The van der Waals surface area contributed by atoms with Crippen molar-refractivity contribution in [3.05, 3.63) is 58.1 Å². The standard InChI is InChI=1S/C16H14Cl2N2O2S/c17-10-5-6-12(14(18)7-10)16-13(8-19)11-3-1-2-4-15(11)20(16)9-23(21)22/h1-7H,8-9,19H2,(H,21,22). The number of aromatic nitrogens is 1. The maximum atomic E-state index is 11.4. The van der Waals surface area contributed by atoms with Crippen LogP contribution in [0.2, 0.25) is 10.0 Å². The summed E-state index contributed by atoms with van der Waals surface area (Å²) in [5.41, 5.74) is 9.17. The van der Waals surface area contributed by atoms with Gasteiger partial charge in [0.05, 0.1) is 10.7 Å². The van der Waals surface area contributed by atoms with E-state index in [0.717, 1.165) is 27.7 Å². The molecule has 3 N–H and O–H groups in total. The third-order valence-electron chi connectivity index (χ3n) is 3.71. The lowest BCUT2D eigenvalue weighted by molar-refractivity contribution is 0.554. The molecule has 0 saturated carbocycles. The highest BCUT2D eigenvalue weighted by Crippen LogP contribution is 2.38. The van der Waals surface area contributed by atoms with Gasteiger partial charge in [-0.1, -0.05) is 41.4 Å². The van der Waals surface area contributed by atoms with Crippen LogP contribution in [0.4, 0.5) is 0 Å². The van der Waals surface area contributed by atoms with E-state index in [9.17, 15) is 8.76 Å². The van der Waals surface area contributed by atoms with Crippen LogP contribution in [-0.2, 0) is 23.5 Å². The Balaban J connectivity index is 2.39. The first-order valence-electron chi connectivity index (χ1n) is 6.86. The number of nitrogens with zero attached hydrogens (tertiary/aromatic N) is 1. The molecule has 0 saturated heterocycles. The fraction of sp³-hybridized carbons (Fsp3) is 0.125. The molecular weight excluding hydrogens is 355 g/mol. The zero-order chi connectivity index (χ0) is 16.6. The number of para-hydroxylation sites is 1. The minimum atomic E-state index is -2.00. The summed E-state index contributed by atoms with van der Waals surface area (Å²) in [6.45, 7) is 0.292. The first kappa shape index (κ1) is 16.5. The number of rotatable bonds is 4. The average molecular weight is 369 g/mol. The molecule has 2 aromatic carbocycles. The number of hydrogen-bond donors (Lipinski definition) is 2. The van der Waals surface area contributed by atoms with Gasteiger partial charge in [-0.15, -0.1) is 0 Å². The number of nitrogens with two attached hydrogens (primary N) is 1. The summed E-state index contributed by atoms with van der Waals surface area (Å²) in [6.07, 6.45) is 0. The van der Waals surface area contributed by atoms with E-state index in [1.807, 2.05) is 24.3 Å². The van der Waals surface area contributed by atoms with E-state index in [0.29, 0.717) is 16.6 Å². The molecule has 1 aromatic heterocycles. The van der Waals surface area contributed by atoms with E-state index < -0.39 is 11.1 Å². The van der Waals surface area contributed by atoms with E-state index in [1.165, 1.54) is 0 Å². The molecule has 0 spiro atoms. The molecule has 1 atom stereocenters. The molecule has 0 amide bonds. The van der Waals surface area contributed by atoms with Crippen LogP contribution in [0.25, 0.3) is 22.2 Å². The van der Waals surface area contributed by atoms with E-state index in [1.54, 1.807) is 22.8 Å². The Hall–Kier alpha value is -1.37. The van der Waals surface area contributed by atoms with Crippen molar-refractivity contribution in [1.82, 2.24) is 4.57 Å². The molecule has 1 unspecified atom stereocenters. The van der Waals surface area contributed by atoms with Gasteiger partial charge < -0.3 is 14.9 Å². The van der Waals surface area contributed by atoms with Crippen molar-refractivity contribution in [2.24, 2.45) is 5.73 Å². The fourth-order valence-electron chi connectivity index (χ4n) is 2.82. The molecule has 3 aromatic rings. The Morgan fingerprint density at radius 2 is 1.91 bits per heavy atom. The molecule has 0 aliphatic heterocycles. The highest BCUT2D eigenvalue weighted by atomic mass is 35.5. The largest absolute Gasteiger partial charge is 0.326 e. The first-order valence-corrected chi connectivity index (χ1v) is 8.89. The lowest BCUT2D eigenvalue weighted by Gasteiger charge is -2.12. The number of benzene rings is 2. The highest BCUT2D eigenvalue weighted by Gasteiger charge is 2.20. The molecule has 7 heteroatoms. The van der Waals surface area contributed by atoms with E-state index >= 15 is 0 Å². The molecule has 0 radical (unpaired) electrons. The minimum Gasteiger partial charge on any atom is -0.326 e. The maximum absolute atomic E-state index is 11.4. The molecule has 0 bridgehead atoms. The topological polar surface area (TPSA) is 68.2 Å². The predicted molar refractivity (Wildman–Crippen MR) is 96.1 cm³/mol. The summed E-state index contributed by atoms with van der Waals surface area (Å²) >= 11 is 10.3. The van der Waals surface area contributed by atoms with Gasteiger partial charge in [-0.25, -0.2) is 4.21 Å². The zero-order valence-corrected chi connectivity index (χ0v) is 14.3. The molecule has 23 heavy (non-hydrogen) atoms. The van der Waals surface area contributed by atoms with Crippen LogP contribution in [0.15, 0.2) is 42.5 Å². The molecule has 0 aliphatic rings. The Morgan fingerprint density at radius 1 is 1.17 bits per heavy atom. The Kier molecular flexibility index (Phi) is 4.75. The van der Waals surface area contributed by atoms with Crippen LogP contribution in [-0.4, -0.2) is 13.3 Å². The number of halogens is 2. The van der Waals surface area contributed by atoms with Gasteiger partial charge in [0.15, 0.2) is 11.1 Å². The molecule has 0 fully saturated rings. The van der Waals surface area contributed by atoms with Gasteiger partial charge in [0, 0.05) is 28.0 Å². The van der Waals surface area contributed by atoms with Crippen molar-refractivity contribution >= 4 is 45.2 Å². The Bertz CT molecular complexity index is 908. The maximum Gasteiger partial charge on any atom is 0.173 e. The summed E-state index contributed by atoms with van der Waals surface area (Å²) in [5.74, 6) is -0.0607. The van der Waals surface area contributed by atoms with Crippen molar-refractivity contribution in [1.29, 1.82) is 0 Å². The highest BCUT2D eigenvalue weighted by molar-refractivity contribution is 7.78. The summed E-state index contributed by atoms with van der Waals surface area (Å²) in [4.78, 5) is 0. The van der Waals surface area contributed by atoms with Gasteiger partial charge in [-0.3, -0.25) is 0 Å². The summed E-state index contributed by atoms with van der Waals surface area (Å²) in [5, 5.41) is 1.95. The molecular formula is C16H14Cl2N2O2S. The Morgan fingerprint density at radius 3 is 2.57 bits per heavy atom. The molecule has 4 nitrogen and oxygen atoms in total. The van der Waals surface area contributed by atoms with Crippen molar-refractivity contribution in [2.75, 3.05) is 0 Å². The second-order valence-corrected chi connectivity index (χ2v) is 6.80. The SMILES string of the molecule is NCc1c(-c2ccc(Cl)cc2Cl)n(CS(=O)O)c2ccccc12. The minimum absolute atomic E-state index is 0.0607. The quantitative estimate of drug-likeness (QED) is 0.676. The van der Waals surface area contributed by atoms with Crippen molar-refractivity contribution in [3.8, 4) is 11.3 Å². The number of hydrogen-bond acceptors (Lipinski definition) is 2. The molecule has 120 valence electrons. The van der Waals surface area contributed by atoms with Crippen LogP contribution in [0.1, 0.15) is 5.56 Å². The Labute approximate surface area is 146 Å². The second kappa shape index (κ2) is 6.63. The number of fused-ring (bicyclic) bond motifs is 1. The van der Waals surface area contributed by atoms with Gasteiger partial charge in [0.25, 0.3) is 0 Å². The molecule has 1 heterocycles. The zero-order valence-electron chi connectivity index (χ0n) is 12.0. The first-order chi connectivity index (χ1) is 11.0. The van der Waals surface area contributed by atoms with Crippen molar-refractivity contribution < 1.29 is 8.76 Å². The summed E-state index contributed by atoms with van der Waals surface area (Å²) in [7, 11) is 0.